The van der Waals surface area contributed by atoms with E-state index in [1.54, 1.807) is 15.7 Å². The first-order chi connectivity index (χ1) is 13.0. The number of benzene rings is 1. The Morgan fingerprint density at radius 1 is 1.04 bits per heavy atom. The molecule has 0 bridgehead atoms. The lowest BCUT2D eigenvalue weighted by atomic mass is 9.96. The van der Waals surface area contributed by atoms with E-state index in [0.29, 0.717) is 5.25 Å². The molecule has 0 unspecified atom stereocenters. The van der Waals surface area contributed by atoms with Gasteiger partial charge in [0, 0.05) is 11.3 Å². The normalized spacial score (nSPS) is 20.5. The summed E-state index contributed by atoms with van der Waals surface area (Å²) in [5, 5.41) is 0.423. The van der Waals surface area contributed by atoms with Gasteiger partial charge >= 0.3 is 0 Å². The first-order valence-corrected chi connectivity index (χ1v) is 13.2. The van der Waals surface area contributed by atoms with Crippen molar-refractivity contribution in [2.45, 2.75) is 86.8 Å². The second-order valence-electron chi connectivity index (χ2n) is 7.87. The van der Waals surface area contributed by atoms with Crippen LogP contribution in [0.3, 0.4) is 0 Å². The molecule has 148 valence electrons. The van der Waals surface area contributed by atoms with E-state index in [4.69, 9.17) is 0 Å². The van der Waals surface area contributed by atoms with Gasteiger partial charge in [0.05, 0.1) is 10.2 Å². The van der Waals surface area contributed by atoms with Crippen LogP contribution in [0.1, 0.15) is 69.8 Å². The molecule has 1 aromatic carbocycles. The predicted molar refractivity (Wildman–Crippen MR) is 115 cm³/mol. The average Bonchev–Trinajstić information content (AvgIpc) is 3.11. The number of rotatable bonds is 5. The summed E-state index contributed by atoms with van der Waals surface area (Å²) in [4.78, 5) is 4.53. The van der Waals surface area contributed by atoms with E-state index in [0.717, 1.165) is 54.3 Å². The smallest absolute Gasteiger partial charge is 0.224 e. The number of hydrogen-bond acceptors (Lipinski definition) is 5. The highest BCUT2D eigenvalue weighted by molar-refractivity contribution is 8.09. The Morgan fingerprint density at radius 2 is 1.70 bits per heavy atom. The topological polar surface area (TPSA) is 50.3 Å². The van der Waals surface area contributed by atoms with Crippen LogP contribution in [0.25, 0.3) is 10.2 Å². The van der Waals surface area contributed by atoms with Crippen LogP contribution in [0.2, 0.25) is 0 Å². The molecule has 0 N–H and O–H groups in total. The molecule has 2 fully saturated rings. The highest BCUT2D eigenvalue weighted by atomic mass is 32.3. The Kier molecular flexibility index (Phi) is 6.12. The third kappa shape index (κ3) is 4.36. The van der Waals surface area contributed by atoms with Gasteiger partial charge in [0.15, 0.2) is 0 Å². The molecular weight excluding hydrogens is 396 g/mol. The fourth-order valence-corrected chi connectivity index (χ4v) is 9.12. The zero-order valence-electron chi connectivity index (χ0n) is 15.9. The molecule has 0 amide bonds. The highest BCUT2D eigenvalue weighted by Gasteiger charge is 2.37. The van der Waals surface area contributed by atoms with Crippen molar-refractivity contribution in [3.63, 3.8) is 0 Å². The van der Waals surface area contributed by atoms with Crippen LogP contribution in [0.15, 0.2) is 22.5 Å². The molecule has 2 saturated carbocycles. The molecule has 7 heteroatoms. The maximum atomic E-state index is 13.6. The summed E-state index contributed by atoms with van der Waals surface area (Å²) in [6.45, 7) is 2.01. The number of hydrogen-bond donors (Lipinski definition) is 0. The Morgan fingerprint density at radius 3 is 2.41 bits per heavy atom. The van der Waals surface area contributed by atoms with Crippen molar-refractivity contribution in [1.82, 2.24) is 8.69 Å². The lowest BCUT2D eigenvalue weighted by Gasteiger charge is -2.34. The van der Waals surface area contributed by atoms with Gasteiger partial charge in [-0.15, -0.1) is 15.0 Å². The van der Waals surface area contributed by atoms with Gasteiger partial charge < -0.3 is 0 Å². The van der Waals surface area contributed by atoms with Gasteiger partial charge in [-0.2, -0.15) is 0 Å². The van der Waals surface area contributed by atoms with Crippen molar-refractivity contribution in [3.8, 4) is 0 Å². The third-order valence-corrected chi connectivity index (χ3v) is 10.8. The number of fused-ring (bicyclic) bond motifs is 1. The highest BCUT2D eigenvalue weighted by Crippen LogP contribution is 2.40. The maximum Gasteiger partial charge on any atom is 0.279 e. The van der Waals surface area contributed by atoms with Crippen LogP contribution >= 0.6 is 23.3 Å². The number of nitrogens with zero attached hydrogens (tertiary/aromatic N) is 2. The standard InChI is InChI=1S/C20H28N2O2S3/c1-15-12-13-19-18(14-15)21-20(25-19)27(23,24)22(16-8-4-2-5-9-16)26-17-10-6-3-7-11-17/h12-14,16-17H,2-11H2,1H3. The molecule has 2 aromatic rings. The maximum absolute atomic E-state index is 13.6. The molecule has 0 saturated heterocycles. The molecule has 4 nitrogen and oxygen atoms in total. The summed E-state index contributed by atoms with van der Waals surface area (Å²) in [5.41, 5.74) is 1.90. The van der Waals surface area contributed by atoms with Gasteiger partial charge in [0.25, 0.3) is 10.0 Å². The van der Waals surface area contributed by atoms with E-state index in [1.165, 1.54) is 37.0 Å². The van der Waals surface area contributed by atoms with Crippen LogP contribution < -0.4 is 0 Å². The minimum atomic E-state index is -3.57. The fraction of sp³-hybridized carbons (Fsp3) is 0.650. The molecule has 0 radical (unpaired) electrons. The lowest BCUT2D eigenvalue weighted by molar-refractivity contribution is 0.343. The number of sulfonamides is 1. The van der Waals surface area contributed by atoms with Gasteiger partial charge in [0.1, 0.15) is 0 Å². The van der Waals surface area contributed by atoms with Crippen LogP contribution in [0, 0.1) is 6.92 Å². The third-order valence-electron chi connectivity index (χ3n) is 5.66. The van der Waals surface area contributed by atoms with Crippen molar-refractivity contribution < 1.29 is 8.42 Å². The molecule has 4 rings (SSSR count). The van der Waals surface area contributed by atoms with Crippen LogP contribution in [0.4, 0.5) is 0 Å². The molecule has 1 heterocycles. The van der Waals surface area contributed by atoms with Crippen molar-refractivity contribution in [3.05, 3.63) is 23.8 Å². The fourth-order valence-electron chi connectivity index (χ4n) is 4.15. The van der Waals surface area contributed by atoms with Crippen LogP contribution in [0.5, 0.6) is 0 Å². The van der Waals surface area contributed by atoms with Crippen LogP contribution in [-0.2, 0) is 10.0 Å². The molecule has 0 spiro atoms. The second kappa shape index (κ2) is 8.39. The monoisotopic (exact) mass is 424 g/mol. The molecule has 2 aliphatic carbocycles. The van der Waals surface area contributed by atoms with Crippen molar-refractivity contribution >= 4 is 43.5 Å². The molecule has 2 aliphatic rings. The van der Waals surface area contributed by atoms with Crippen molar-refractivity contribution in [1.29, 1.82) is 0 Å². The predicted octanol–water partition coefficient (Wildman–Crippen LogP) is 5.91. The number of thiazole rings is 1. The van der Waals surface area contributed by atoms with Gasteiger partial charge in [-0.05, 0) is 50.3 Å². The minimum absolute atomic E-state index is 0.115. The van der Waals surface area contributed by atoms with Gasteiger partial charge in [-0.1, -0.05) is 56.5 Å². The Balaban J connectivity index is 1.66. The summed E-state index contributed by atoms with van der Waals surface area (Å²) < 4.78 is 30.2. The molecule has 0 atom stereocenters. The summed E-state index contributed by atoms with van der Waals surface area (Å²) in [6, 6.07) is 6.10. The average molecular weight is 425 g/mol. The van der Waals surface area contributed by atoms with Crippen molar-refractivity contribution in [2.24, 2.45) is 0 Å². The first-order valence-electron chi connectivity index (χ1n) is 10.1. The van der Waals surface area contributed by atoms with E-state index in [1.807, 2.05) is 25.1 Å². The molecule has 27 heavy (non-hydrogen) atoms. The Labute approximate surface area is 170 Å². The van der Waals surface area contributed by atoms with Crippen molar-refractivity contribution in [2.75, 3.05) is 0 Å². The Hall–Kier alpha value is -0.630. The molecule has 0 aliphatic heterocycles. The van der Waals surface area contributed by atoms with E-state index >= 15 is 0 Å². The van der Waals surface area contributed by atoms with E-state index in [2.05, 4.69) is 4.98 Å². The van der Waals surface area contributed by atoms with E-state index in [9.17, 15) is 8.42 Å². The lowest BCUT2D eigenvalue weighted by Crippen LogP contribution is -2.38. The zero-order valence-corrected chi connectivity index (χ0v) is 18.3. The summed E-state index contributed by atoms with van der Waals surface area (Å²) >= 11 is 2.91. The van der Waals surface area contributed by atoms with Gasteiger partial charge in [0.2, 0.25) is 4.34 Å². The summed E-state index contributed by atoms with van der Waals surface area (Å²) in [6.07, 6.45) is 11.4. The van der Waals surface area contributed by atoms with Gasteiger partial charge in [-0.3, -0.25) is 0 Å². The summed E-state index contributed by atoms with van der Waals surface area (Å²) in [5.74, 6) is 0. The van der Waals surface area contributed by atoms with Gasteiger partial charge in [-0.25, -0.2) is 13.4 Å². The number of aromatic nitrogens is 1. The first kappa shape index (κ1) is 19.7. The number of aryl methyl sites for hydroxylation is 1. The van der Waals surface area contributed by atoms with Crippen LogP contribution in [-0.4, -0.2) is 28.4 Å². The second-order valence-corrected chi connectivity index (χ2v) is 12.4. The minimum Gasteiger partial charge on any atom is -0.224 e. The SMILES string of the molecule is Cc1ccc2sc(S(=O)(=O)N(SC3CCCCC3)C3CCCCC3)nc2c1. The zero-order chi connectivity index (χ0) is 18.9. The molecular formula is C20H28N2O2S3. The van der Waals surface area contributed by atoms with E-state index < -0.39 is 10.0 Å². The van der Waals surface area contributed by atoms with E-state index in [-0.39, 0.29) is 10.4 Å². The molecule has 1 aromatic heterocycles. The summed E-state index contributed by atoms with van der Waals surface area (Å²) in [7, 11) is -3.57. The Bertz CT molecular complexity index is 882. The largest absolute Gasteiger partial charge is 0.279 e. The quantitative estimate of drug-likeness (QED) is 0.560.